The first-order chi connectivity index (χ1) is 12.0. The molecule has 8 heteroatoms. The van der Waals surface area contributed by atoms with Crippen LogP contribution in [0.15, 0.2) is 28.8 Å². The van der Waals surface area contributed by atoms with Crippen LogP contribution >= 0.6 is 12.4 Å². The molecule has 0 spiro atoms. The maximum absolute atomic E-state index is 12.9. The Labute approximate surface area is 158 Å². The Morgan fingerprint density at radius 1 is 1.19 bits per heavy atom. The molecule has 0 atom stereocenters. The summed E-state index contributed by atoms with van der Waals surface area (Å²) in [5.41, 5.74) is 2.04. The van der Waals surface area contributed by atoms with Crippen LogP contribution in [0.3, 0.4) is 0 Å². The zero-order chi connectivity index (χ0) is 17.8. The number of benzene rings is 1. The van der Waals surface area contributed by atoms with Crippen LogP contribution in [-0.2, 0) is 11.3 Å². The van der Waals surface area contributed by atoms with Crippen molar-refractivity contribution in [2.45, 2.75) is 20.4 Å². The van der Waals surface area contributed by atoms with Gasteiger partial charge in [0.1, 0.15) is 17.3 Å². The van der Waals surface area contributed by atoms with Gasteiger partial charge in [0.25, 0.3) is 5.91 Å². The molecule has 0 N–H and O–H groups in total. The van der Waals surface area contributed by atoms with E-state index in [9.17, 15) is 9.18 Å². The number of carbonyl (C=O) groups is 1. The minimum atomic E-state index is -0.326. The predicted molar refractivity (Wildman–Crippen MR) is 97.0 cm³/mol. The number of ether oxygens (including phenoxy) is 1. The van der Waals surface area contributed by atoms with Crippen molar-refractivity contribution in [3.05, 3.63) is 47.1 Å². The van der Waals surface area contributed by atoms with E-state index in [1.54, 1.807) is 4.90 Å². The average Bonchev–Trinajstić information content (AvgIpc) is 2.93. The normalized spacial score (nSPS) is 14.8. The molecule has 1 aromatic carbocycles. The molecule has 1 aliphatic rings. The van der Waals surface area contributed by atoms with Crippen LogP contribution in [0.4, 0.5) is 4.39 Å². The van der Waals surface area contributed by atoms with E-state index < -0.39 is 0 Å². The lowest BCUT2D eigenvalue weighted by molar-refractivity contribution is -0.135. The predicted octanol–water partition coefficient (Wildman–Crippen LogP) is 2.58. The molecule has 0 aliphatic carbocycles. The van der Waals surface area contributed by atoms with Crippen LogP contribution in [0.25, 0.3) is 0 Å². The highest BCUT2D eigenvalue weighted by atomic mass is 35.5. The number of aromatic nitrogens is 1. The Hall–Kier alpha value is -2.12. The lowest BCUT2D eigenvalue weighted by Gasteiger charge is -2.34. The summed E-state index contributed by atoms with van der Waals surface area (Å²) in [4.78, 5) is 16.3. The zero-order valence-electron chi connectivity index (χ0n) is 14.9. The van der Waals surface area contributed by atoms with E-state index in [1.165, 1.54) is 24.3 Å². The highest BCUT2D eigenvalue weighted by molar-refractivity contribution is 5.85. The summed E-state index contributed by atoms with van der Waals surface area (Å²) in [6, 6.07) is 5.66. The van der Waals surface area contributed by atoms with E-state index in [4.69, 9.17) is 9.26 Å². The molecule has 1 aromatic heterocycles. The second-order valence-electron chi connectivity index (χ2n) is 6.20. The summed E-state index contributed by atoms with van der Waals surface area (Å²) in [6.45, 7) is 7.54. The first-order valence-electron chi connectivity index (χ1n) is 8.33. The van der Waals surface area contributed by atoms with Gasteiger partial charge in [0.2, 0.25) is 0 Å². The number of rotatable bonds is 5. The Balaban J connectivity index is 0.00000243. The second-order valence-corrected chi connectivity index (χ2v) is 6.20. The molecule has 1 aliphatic heterocycles. The third kappa shape index (κ3) is 4.95. The quantitative estimate of drug-likeness (QED) is 0.794. The Morgan fingerprint density at radius 3 is 2.42 bits per heavy atom. The molecule has 2 heterocycles. The number of carbonyl (C=O) groups excluding carboxylic acids is 1. The van der Waals surface area contributed by atoms with Crippen molar-refractivity contribution in [3.63, 3.8) is 0 Å². The molecule has 26 heavy (non-hydrogen) atoms. The van der Waals surface area contributed by atoms with Gasteiger partial charge < -0.3 is 14.2 Å². The Morgan fingerprint density at radius 2 is 1.85 bits per heavy atom. The molecule has 0 saturated carbocycles. The van der Waals surface area contributed by atoms with Crippen molar-refractivity contribution in [2.75, 3.05) is 32.8 Å². The Kier molecular flexibility index (Phi) is 6.99. The molecular weight excluding hydrogens is 361 g/mol. The fourth-order valence-electron chi connectivity index (χ4n) is 2.87. The number of nitrogens with zero attached hydrogens (tertiary/aromatic N) is 3. The van der Waals surface area contributed by atoms with Crippen LogP contribution in [0.1, 0.15) is 17.0 Å². The van der Waals surface area contributed by atoms with Gasteiger partial charge in [-0.15, -0.1) is 12.4 Å². The van der Waals surface area contributed by atoms with Gasteiger partial charge in [0.05, 0.1) is 5.69 Å². The van der Waals surface area contributed by atoms with Crippen molar-refractivity contribution in [2.24, 2.45) is 0 Å². The first-order valence-corrected chi connectivity index (χ1v) is 8.33. The van der Waals surface area contributed by atoms with E-state index in [2.05, 4.69) is 10.1 Å². The number of hydrogen-bond acceptors (Lipinski definition) is 5. The van der Waals surface area contributed by atoms with Crippen molar-refractivity contribution in [1.29, 1.82) is 0 Å². The maximum Gasteiger partial charge on any atom is 0.260 e. The molecule has 1 saturated heterocycles. The number of aryl methyl sites for hydroxylation is 2. The van der Waals surface area contributed by atoms with E-state index in [-0.39, 0.29) is 30.7 Å². The summed E-state index contributed by atoms with van der Waals surface area (Å²) in [6.07, 6.45) is 0. The van der Waals surface area contributed by atoms with E-state index in [0.717, 1.165) is 36.7 Å². The smallest absolute Gasteiger partial charge is 0.260 e. The fraction of sp³-hybridized carbons (Fsp3) is 0.444. The summed E-state index contributed by atoms with van der Waals surface area (Å²) in [5.74, 6) is 0.963. The van der Waals surface area contributed by atoms with Gasteiger partial charge in [0.15, 0.2) is 6.61 Å². The van der Waals surface area contributed by atoms with Gasteiger partial charge in [-0.25, -0.2) is 4.39 Å². The maximum atomic E-state index is 12.9. The molecule has 2 aromatic rings. The topological polar surface area (TPSA) is 58.8 Å². The van der Waals surface area contributed by atoms with Crippen LogP contribution in [-0.4, -0.2) is 53.6 Å². The van der Waals surface area contributed by atoms with Crippen molar-refractivity contribution in [3.8, 4) is 5.75 Å². The molecule has 0 unspecified atom stereocenters. The third-order valence-electron chi connectivity index (χ3n) is 4.46. The monoisotopic (exact) mass is 383 g/mol. The van der Waals surface area contributed by atoms with E-state index in [0.29, 0.717) is 18.8 Å². The van der Waals surface area contributed by atoms with Crippen LogP contribution in [0.5, 0.6) is 5.75 Å². The average molecular weight is 384 g/mol. The SMILES string of the molecule is Cc1noc(C)c1CN1CCN(C(=O)COc2ccc(F)cc2)CC1.Cl. The van der Waals surface area contributed by atoms with E-state index in [1.807, 2.05) is 13.8 Å². The number of piperazine rings is 1. The van der Waals surface area contributed by atoms with Gasteiger partial charge in [-0.1, -0.05) is 5.16 Å². The van der Waals surface area contributed by atoms with Crippen LogP contribution < -0.4 is 4.74 Å². The lowest BCUT2D eigenvalue weighted by atomic mass is 10.2. The summed E-state index contributed by atoms with van der Waals surface area (Å²) >= 11 is 0. The first kappa shape index (κ1) is 20.2. The highest BCUT2D eigenvalue weighted by Crippen LogP contribution is 2.16. The second kappa shape index (κ2) is 9.00. The van der Waals surface area contributed by atoms with Gasteiger partial charge in [-0.3, -0.25) is 9.69 Å². The molecule has 0 bridgehead atoms. The van der Waals surface area contributed by atoms with Gasteiger partial charge >= 0.3 is 0 Å². The standard InChI is InChI=1S/C18H22FN3O3.ClH/c1-13-17(14(2)25-20-13)11-21-7-9-22(10-8-21)18(23)12-24-16-5-3-15(19)4-6-16;/h3-6H,7-12H2,1-2H3;1H. The van der Waals surface area contributed by atoms with E-state index >= 15 is 0 Å². The summed E-state index contributed by atoms with van der Waals surface area (Å²) in [7, 11) is 0. The molecule has 6 nitrogen and oxygen atoms in total. The summed E-state index contributed by atoms with van der Waals surface area (Å²) < 4.78 is 23.5. The van der Waals surface area contributed by atoms with Gasteiger partial charge in [0, 0.05) is 38.3 Å². The molecule has 142 valence electrons. The largest absolute Gasteiger partial charge is 0.484 e. The molecular formula is C18H23ClFN3O3. The fourth-order valence-corrected chi connectivity index (χ4v) is 2.87. The zero-order valence-corrected chi connectivity index (χ0v) is 15.7. The Bertz CT molecular complexity index is 708. The van der Waals surface area contributed by atoms with Crippen molar-refractivity contribution >= 4 is 18.3 Å². The number of amides is 1. The highest BCUT2D eigenvalue weighted by Gasteiger charge is 2.23. The summed E-state index contributed by atoms with van der Waals surface area (Å²) in [5, 5.41) is 3.98. The minimum absolute atomic E-state index is 0. The van der Waals surface area contributed by atoms with Gasteiger partial charge in [-0.05, 0) is 38.1 Å². The minimum Gasteiger partial charge on any atom is -0.484 e. The van der Waals surface area contributed by atoms with Gasteiger partial charge in [-0.2, -0.15) is 0 Å². The number of halogens is 2. The molecule has 3 rings (SSSR count). The van der Waals surface area contributed by atoms with Crippen LogP contribution in [0, 0.1) is 19.7 Å². The van der Waals surface area contributed by atoms with Crippen LogP contribution in [0.2, 0.25) is 0 Å². The van der Waals surface area contributed by atoms with Crippen molar-refractivity contribution in [1.82, 2.24) is 15.0 Å². The molecule has 0 radical (unpaired) electrons. The third-order valence-corrected chi connectivity index (χ3v) is 4.46. The lowest BCUT2D eigenvalue weighted by Crippen LogP contribution is -2.49. The van der Waals surface area contributed by atoms with Crippen molar-refractivity contribution < 1.29 is 18.4 Å². The number of hydrogen-bond donors (Lipinski definition) is 0. The molecule has 1 fully saturated rings. The molecule has 1 amide bonds.